The molecule has 1 aliphatic rings. The van der Waals surface area contributed by atoms with Gasteiger partial charge in [0.25, 0.3) is 10.0 Å². The van der Waals surface area contributed by atoms with Crippen molar-refractivity contribution in [2.75, 3.05) is 13.1 Å². The molecule has 2 amide bonds. The maximum absolute atomic E-state index is 13.4. The Labute approximate surface area is 289 Å². The van der Waals surface area contributed by atoms with Crippen molar-refractivity contribution in [2.24, 2.45) is 16.5 Å². The summed E-state index contributed by atoms with van der Waals surface area (Å²) in [4.78, 5) is 54.4. The highest BCUT2D eigenvalue weighted by Crippen LogP contribution is 2.43. The summed E-state index contributed by atoms with van der Waals surface area (Å²) in [5.74, 6) is -2.53. The standard InChI is InChI=1S/C33H54N6O9S/c1-18-19(2)27(20(3)21-16-33(10,11)47-26(18)21)49(44,45)39-30(35)36-14-12-13-22(34)28(42)37-17-24(40)38-23(29(43)48-32(7,8)9)15-25(41)46-31(4,5)6/h22-23H,12-17,34H2,1-11H3,(H,37,42)(H,38,40)(H3,35,36,39)/t22-,23-/m0/s1. The number of benzene rings is 1. The number of hydrogen-bond acceptors (Lipinski definition) is 11. The van der Waals surface area contributed by atoms with Crippen molar-refractivity contribution >= 4 is 39.7 Å². The summed E-state index contributed by atoms with van der Waals surface area (Å²) < 4.78 is 45.7. The van der Waals surface area contributed by atoms with Gasteiger partial charge >= 0.3 is 11.9 Å². The van der Waals surface area contributed by atoms with Crippen LogP contribution in [0.25, 0.3) is 0 Å². The maximum Gasteiger partial charge on any atom is 0.329 e. The minimum atomic E-state index is -4.07. The van der Waals surface area contributed by atoms with Crippen molar-refractivity contribution in [3.8, 4) is 5.75 Å². The number of sulfonamides is 1. The van der Waals surface area contributed by atoms with E-state index in [0.29, 0.717) is 23.3 Å². The van der Waals surface area contributed by atoms with Crippen LogP contribution in [0, 0.1) is 20.8 Å². The molecule has 49 heavy (non-hydrogen) atoms. The van der Waals surface area contributed by atoms with Crippen LogP contribution in [0.2, 0.25) is 0 Å². The number of nitrogens with zero attached hydrogens (tertiary/aromatic N) is 1. The summed E-state index contributed by atoms with van der Waals surface area (Å²) in [5.41, 5.74) is 12.5. The second-order valence-electron chi connectivity index (χ2n) is 14.8. The van der Waals surface area contributed by atoms with Crippen LogP contribution in [0.3, 0.4) is 0 Å². The Balaban J connectivity index is 1.92. The van der Waals surface area contributed by atoms with Crippen molar-refractivity contribution in [3.63, 3.8) is 0 Å². The van der Waals surface area contributed by atoms with Crippen LogP contribution >= 0.6 is 0 Å². The monoisotopic (exact) mass is 710 g/mol. The van der Waals surface area contributed by atoms with Gasteiger partial charge in [-0.2, -0.15) is 0 Å². The zero-order chi connectivity index (χ0) is 37.7. The summed E-state index contributed by atoms with van der Waals surface area (Å²) in [5, 5.41) is 4.80. The van der Waals surface area contributed by atoms with Gasteiger partial charge in [-0.3, -0.25) is 19.4 Å². The second kappa shape index (κ2) is 15.7. The molecule has 7 N–H and O–H groups in total. The van der Waals surface area contributed by atoms with E-state index in [0.717, 1.165) is 11.1 Å². The highest BCUT2D eigenvalue weighted by Gasteiger charge is 2.37. The molecule has 1 aliphatic heterocycles. The van der Waals surface area contributed by atoms with E-state index in [1.165, 1.54) is 0 Å². The van der Waals surface area contributed by atoms with Crippen molar-refractivity contribution in [3.05, 3.63) is 22.3 Å². The molecule has 0 radical (unpaired) electrons. The third-order valence-electron chi connectivity index (χ3n) is 7.33. The molecule has 15 nitrogen and oxygen atoms in total. The first-order valence-corrected chi connectivity index (χ1v) is 17.6. The molecule has 0 saturated heterocycles. The molecule has 0 saturated carbocycles. The van der Waals surface area contributed by atoms with E-state index >= 15 is 0 Å². The molecule has 1 aromatic rings. The van der Waals surface area contributed by atoms with Gasteiger partial charge in [0.1, 0.15) is 28.6 Å². The minimum Gasteiger partial charge on any atom is -0.487 e. The first kappa shape index (κ1) is 41.3. The molecule has 0 spiro atoms. The molecule has 0 fully saturated rings. The van der Waals surface area contributed by atoms with E-state index in [4.69, 9.17) is 25.7 Å². The summed E-state index contributed by atoms with van der Waals surface area (Å²) >= 11 is 0. The number of ether oxygens (including phenoxy) is 3. The van der Waals surface area contributed by atoms with Crippen LogP contribution in [-0.2, 0) is 45.1 Å². The van der Waals surface area contributed by atoms with Crippen LogP contribution < -0.4 is 31.6 Å². The molecule has 16 heteroatoms. The number of fused-ring (bicyclic) bond motifs is 1. The highest BCUT2D eigenvalue weighted by atomic mass is 32.2. The van der Waals surface area contributed by atoms with Gasteiger partial charge in [-0.25, -0.2) is 17.9 Å². The quantitative estimate of drug-likeness (QED) is 0.0856. The number of amides is 2. The van der Waals surface area contributed by atoms with Gasteiger partial charge in [0, 0.05) is 18.5 Å². The molecule has 0 aromatic heterocycles. The SMILES string of the molecule is Cc1c(C)c(S(=O)(=O)NC(N)=NCCC[C@H](N)C(=O)NCC(=O)N[C@@H](CC(=O)OC(C)(C)C)C(=O)OC(C)(C)C)c(C)c2c1OC(C)(C)C2. The predicted molar refractivity (Wildman–Crippen MR) is 184 cm³/mol. The van der Waals surface area contributed by atoms with Crippen LogP contribution in [0.4, 0.5) is 0 Å². The summed E-state index contributed by atoms with van der Waals surface area (Å²) in [6.07, 6.45) is 0.529. The van der Waals surface area contributed by atoms with Gasteiger partial charge in [0.05, 0.1) is 23.9 Å². The molecule has 2 rings (SSSR count). The minimum absolute atomic E-state index is 0.0707. The Morgan fingerprint density at radius 2 is 1.57 bits per heavy atom. The van der Waals surface area contributed by atoms with Crippen LogP contribution in [-0.4, -0.2) is 80.1 Å². The Hall–Kier alpha value is -3.92. The fourth-order valence-corrected chi connectivity index (χ4v) is 6.69. The normalized spacial score (nSPS) is 15.7. The number of rotatable bonds is 13. The summed E-state index contributed by atoms with van der Waals surface area (Å²) in [7, 11) is -4.07. The predicted octanol–water partition coefficient (Wildman–Crippen LogP) is 1.70. The van der Waals surface area contributed by atoms with Crippen LogP contribution in [0.15, 0.2) is 9.89 Å². The molecule has 0 bridgehead atoms. The van der Waals surface area contributed by atoms with E-state index in [-0.39, 0.29) is 30.2 Å². The van der Waals surface area contributed by atoms with Gasteiger partial charge in [-0.1, -0.05) is 0 Å². The average Bonchev–Trinajstić information content (AvgIpc) is 3.25. The van der Waals surface area contributed by atoms with E-state index in [9.17, 15) is 27.6 Å². The average molecular weight is 711 g/mol. The molecule has 0 aliphatic carbocycles. The molecule has 2 atom stereocenters. The Morgan fingerprint density at radius 3 is 2.14 bits per heavy atom. The second-order valence-corrected chi connectivity index (χ2v) is 16.5. The lowest BCUT2D eigenvalue weighted by Gasteiger charge is -2.25. The Kier molecular flexibility index (Phi) is 13.3. The molecular weight excluding hydrogens is 656 g/mol. The number of aliphatic imine (C=N–C) groups is 1. The smallest absolute Gasteiger partial charge is 0.329 e. The van der Waals surface area contributed by atoms with Gasteiger partial charge in [-0.15, -0.1) is 0 Å². The van der Waals surface area contributed by atoms with Crippen LogP contribution in [0.1, 0.15) is 96.9 Å². The van der Waals surface area contributed by atoms with E-state index in [1.54, 1.807) is 55.4 Å². The number of nitrogens with one attached hydrogen (secondary N) is 3. The van der Waals surface area contributed by atoms with E-state index < -0.39 is 75.6 Å². The van der Waals surface area contributed by atoms with Gasteiger partial charge in [-0.05, 0) is 106 Å². The third kappa shape index (κ3) is 12.5. The Morgan fingerprint density at radius 1 is 0.980 bits per heavy atom. The zero-order valence-corrected chi connectivity index (χ0v) is 31.4. The number of carbonyl (C=O) groups excluding carboxylic acids is 4. The Bertz CT molecular complexity index is 1570. The van der Waals surface area contributed by atoms with Crippen molar-refractivity contribution in [2.45, 2.75) is 136 Å². The van der Waals surface area contributed by atoms with Gasteiger partial charge in [0.2, 0.25) is 17.8 Å². The van der Waals surface area contributed by atoms with Crippen molar-refractivity contribution in [1.29, 1.82) is 0 Å². The van der Waals surface area contributed by atoms with Crippen molar-refractivity contribution in [1.82, 2.24) is 15.4 Å². The van der Waals surface area contributed by atoms with E-state index in [2.05, 4.69) is 20.3 Å². The molecular formula is C33H54N6O9S. The fourth-order valence-electron chi connectivity index (χ4n) is 5.17. The highest BCUT2D eigenvalue weighted by molar-refractivity contribution is 7.90. The molecule has 1 aromatic carbocycles. The zero-order valence-electron chi connectivity index (χ0n) is 30.6. The summed E-state index contributed by atoms with van der Waals surface area (Å²) in [6.45, 7) is 18.7. The van der Waals surface area contributed by atoms with Gasteiger partial charge in [0.15, 0.2) is 0 Å². The number of hydrogen-bond donors (Lipinski definition) is 5. The number of esters is 2. The lowest BCUT2D eigenvalue weighted by atomic mass is 9.94. The number of carbonyl (C=O) groups is 4. The van der Waals surface area contributed by atoms with E-state index in [1.807, 2.05) is 20.8 Å². The lowest BCUT2D eigenvalue weighted by molar-refractivity contribution is -0.165. The largest absolute Gasteiger partial charge is 0.487 e. The van der Waals surface area contributed by atoms with Crippen LogP contribution in [0.5, 0.6) is 5.75 Å². The van der Waals surface area contributed by atoms with Gasteiger partial charge < -0.3 is 36.3 Å². The third-order valence-corrected chi connectivity index (χ3v) is 8.96. The topological polar surface area (TPSA) is 231 Å². The summed E-state index contributed by atoms with van der Waals surface area (Å²) in [6, 6.07) is -2.36. The molecule has 1 heterocycles. The maximum atomic E-state index is 13.4. The molecule has 0 unspecified atom stereocenters. The van der Waals surface area contributed by atoms with Crippen molar-refractivity contribution < 1.29 is 41.8 Å². The number of nitrogens with two attached hydrogens (primary N) is 2. The first-order valence-electron chi connectivity index (χ1n) is 16.1. The fraction of sp³-hybridized carbons (Fsp3) is 0.667. The first-order chi connectivity index (χ1) is 22.2. The molecule has 276 valence electrons. The lowest BCUT2D eigenvalue weighted by Crippen LogP contribution is -2.50. The number of guanidine groups is 1.